The summed E-state index contributed by atoms with van der Waals surface area (Å²) in [6.45, 7) is 5.87. The Hall–Kier alpha value is -1.33. The van der Waals surface area contributed by atoms with Crippen molar-refractivity contribution in [2.24, 2.45) is 11.7 Å². The number of hydrogen-bond acceptors (Lipinski definition) is 2. The fourth-order valence-electron chi connectivity index (χ4n) is 2.07. The number of alkyl halides is 3. The van der Waals surface area contributed by atoms with Gasteiger partial charge in [0.25, 0.3) is 0 Å². The molecule has 0 aliphatic rings. The van der Waals surface area contributed by atoms with Crippen LogP contribution in [-0.2, 0) is 6.18 Å². The van der Waals surface area contributed by atoms with Crippen molar-refractivity contribution >= 4 is 11.3 Å². The highest BCUT2D eigenvalue weighted by atomic mass is 32.1. The van der Waals surface area contributed by atoms with Gasteiger partial charge in [-0.3, -0.25) is 0 Å². The molecule has 1 nitrogen and oxygen atoms in total. The SMILES string of the molecule is Cc1ccc(C(F)(F)F)cc1-c1ccc(C(N)C(C)C)s1. The second kappa shape index (κ2) is 5.81. The first-order chi connectivity index (χ1) is 9.70. The lowest BCUT2D eigenvalue weighted by Gasteiger charge is -2.13. The van der Waals surface area contributed by atoms with Crippen molar-refractivity contribution in [1.82, 2.24) is 0 Å². The molecule has 0 aliphatic heterocycles. The maximum absolute atomic E-state index is 12.8. The first kappa shape index (κ1) is 16.0. The minimum absolute atomic E-state index is 0.0881. The third-order valence-corrected chi connectivity index (χ3v) is 4.72. The van der Waals surface area contributed by atoms with Gasteiger partial charge in [0.05, 0.1) is 5.56 Å². The second-order valence-electron chi connectivity index (χ2n) is 5.50. The maximum Gasteiger partial charge on any atom is 0.416 e. The van der Waals surface area contributed by atoms with Gasteiger partial charge in [-0.1, -0.05) is 19.9 Å². The number of halogens is 3. The van der Waals surface area contributed by atoms with E-state index in [1.807, 2.05) is 32.9 Å². The van der Waals surface area contributed by atoms with Crippen LogP contribution in [0.1, 0.15) is 35.9 Å². The monoisotopic (exact) mass is 313 g/mol. The largest absolute Gasteiger partial charge is 0.416 e. The molecule has 0 saturated heterocycles. The van der Waals surface area contributed by atoms with Crippen molar-refractivity contribution < 1.29 is 13.2 Å². The van der Waals surface area contributed by atoms with Gasteiger partial charge >= 0.3 is 6.18 Å². The Balaban J connectivity index is 2.43. The molecule has 1 aromatic heterocycles. The fraction of sp³-hybridized carbons (Fsp3) is 0.375. The number of rotatable bonds is 3. The summed E-state index contributed by atoms with van der Waals surface area (Å²) in [6.07, 6.45) is -4.32. The van der Waals surface area contributed by atoms with Gasteiger partial charge in [0, 0.05) is 15.8 Å². The van der Waals surface area contributed by atoms with Crippen LogP contribution >= 0.6 is 11.3 Å². The molecule has 0 spiro atoms. The van der Waals surface area contributed by atoms with Gasteiger partial charge in [-0.25, -0.2) is 0 Å². The molecule has 114 valence electrons. The van der Waals surface area contributed by atoms with Crippen molar-refractivity contribution in [2.75, 3.05) is 0 Å². The van der Waals surface area contributed by atoms with Gasteiger partial charge in [0.2, 0.25) is 0 Å². The van der Waals surface area contributed by atoms with Crippen molar-refractivity contribution in [3.63, 3.8) is 0 Å². The molecule has 0 amide bonds. The molecule has 0 aliphatic carbocycles. The quantitative estimate of drug-likeness (QED) is 0.807. The average molecular weight is 313 g/mol. The molecule has 2 rings (SSSR count). The standard InChI is InChI=1S/C16H18F3NS/c1-9(2)15(20)14-7-6-13(21-14)12-8-11(16(17,18)19)5-4-10(12)3/h4-9,15H,20H2,1-3H3. The predicted molar refractivity (Wildman–Crippen MR) is 81.3 cm³/mol. The molecule has 0 bridgehead atoms. The molecule has 5 heteroatoms. The Morgan fingerprint density at radius 3 is 2.33 bits per heavy atom. The van der Waals surface area contributed by atoms with E-state index < -0.39 is 11.7 Å². The smallest absolute Gasteiger partial charge is 0.323 e. The first-order valence-electron chi connectivity index (χ1n) is 6.73. The summed E-state index contributed by atoms with van der Waals surface area (Å²) in [5.41, 5.74) is 6.93. The van der Waals surface area contributed by atoms with Crippen LogP contribution < -0.4 is 5.73 Å². The van der Waals surface area contributed by atoms with E-state index in [4.69, 9.17) is 5.73 Å². The molecule has 1 aromatic carbocycles. The van der Waals surface area contributed by atoms with Crippen LogP contribution in [0.25, 0.3) is 10.4 Å². The van der Waals surface area contributed by atoms with Crippen LogP contribution in [-0.4, -0.2) is 0 Å². The Morgan fingerprint density at radius 2 is 1.76 bits per heavy atom. The molecule has 2 N–H and O–H groups in total. The van der Waals surface area contributed by atoms with E-state index in [1.54, 1.807) is 0 Å². The summed E-state index contributed by atoms with van der Waals surface area (Å²) in [4.78, 5) is 1.82. The molecule has 0 saturated carbocycles. The predicted octanol–water partition coefficient (Wildman–Crippen LogP) is 5.40. The highest BCUT2D eigenvalue weighted by Gasteiger charge is 2.31. The van der Waals surface area contributed by atoms with Gasteiger partial charge < -0.3 is 5.73 Å². The molecule has 1 unspecified atom stereocenters. The van der Waals surface area contributed by atoms with Crippen LogP contribution in [0.3, 0.4) is 0 Å². The normalized spacial score (nSPS) is 13.7. The van der Waals surface area contributed by atoms with Gasteiger partial charge in [0.15, 0.2) is 0 Å². The molecule has 1 heterocycles. The third kappa shape index (κ3) is 3.47. The number of thiophene rings is 1. The van der Waals surface area contributed by atoms with Crippen LogP contribution in [0.15, 0.2) is 30.3 Å². The topological polar surface area (TPSA) is 26.0 Å². The maximum atomic E-state index is 12.8. The lowest BCUT2D eigenvalue weighted by Crippen LogP contribution is -2.14. The molecule has 2 aromatic rings. The highest BCUT2D eigenvalue weighted by Crippen LogP contribution is 2.38. The summed E-state index contributed by atoms with van der Waals surface area (Å²) in [5.74, 6) is 0.291. The van der Waals surface area contributed by atoms with E-state index in [1.165, 1.54) is 23.5 Å². The number of hydrogen-bond donors (Lipinski definition) is 1. The molecular weight excluding hydrogens is 295 g/mol. The van der Waals surface area contributed by atoms with E-state index in [2.05, 4.69) is 0 Å². The van der Waals surface area contributed by atoms with Gasteiger partial charge in [-0.05, 0) is 48.2 Å². The number of benzene rings is 1. The zero-order valence-corrected chi connectivity index (χ0v) is 13.0. The van der Waals surface area contributed by atoms with E-state index in [0.29, 0.717) is 11.5 Å². The summed E-state index contributed by atoms with van der Waals surface area (Å²) >= 11 is 1.46. The molecule has 0 fully saturated rings. The van der Waals surface area contributed by atoms with Gasteiger partial charge in [0.1, 0.15) is 0 Å². The van der Waals surface area contributed by atoms with Crippen molar-refractivity contribution in [1.29, 1.82) is 0 Å². The number of nitrogens with two attached hydrogens (primary N) is 1. The van der Waals surface area contributed by atoms with E-state index >= 15 is 0 Å². The van der Waals surface area contributed by atoms with Crippen molar-refractivity contribution in [3.8, 4) is 10.4 Å². The third-order valence-electron chi connectivity index (χ3n) is 3.50. The van der Waals surface area contributed by atoms with Crippen molar-refractivity contribution in [3.05, 3.63) is 46.3 Å². The highest BCUT2D eigenvalue weighted by molar-refractivity contribution is 7.15. The average Bonchev–Trinajstić information content (AvgIpc) is 2.86. The van der Waals surface area contributed by atoms with Crippen LogP contribution in [0.4, 0.5) is 13.2 Å². The summed E-state index contributed by atoms with van der Waals surface area (Å²) in [5, 5.41) is 0. The minimum Gasteiger partial charge on any atom is -0.323 e. The van der Waals surface area contributed by atoms with Crippen molar-refractivity contribution in [2.45, 2.75) is 33.0 Å². The van der Waals surface area contributed by atoms with Gasteiger partial charge in [-0.2, -0.15) is 13.2 Å². The Morgan fingerprint density at radius 1 is 1.10 bits per heavy atom. The minimum atomic E-state index is -4.32. The molecule has 0 radical (unpaired) electrons. The Kier molecular flexibility index (Phi) is 4.44. The zero-order chi connectivity index (χ0) is 15.8. The Bertz CT molecular complexity index is 629. The first-order valence-corrected chi connectivity index (χ1v) is 7.55. The van der Waals surface area contributed by atoms with E-state index in [9.17, 15) is 13.2 Å². The van der Waals surface area contributed by atoms with Crippen LogP contribution in [0.2, 0.25) is 0 Å². The fourth-order valence-corrected chi connectivity index (χ4v) is 3.33. The lowest BCUT2D eigenvalue weighted by atomic mass is 10.0. The summed E-state index contributed by atoms with van der Waals surface area (Å²) < 4.78 is 38.5. The zero-order valence-electron chi connectivity index (χ0n) is 12.2. The summed E-state index contributed by atoms with van der Waals surface area (Å²) in [6, 6.07) is 7.52. The van der Waals surface area contributed by atoms with Crippen LogP contribution in [0.5, 0.6) is 0 Å². The molecular formula is C16H18F3NS. The molecule has 1 atom stereocenters. The summed E-state index contributed by atoms with van der Waals surface area (Å²) in [7, 11) is 0. The van der Waals surface area contributed by atoms with E-state index in [-0.39, 0.29) is 6.04 Å². The lowest BCUT2D eigenvalue weighted by molar-refractivity contribution is -0.137. The van der Waals surface area contributed by atoms with Crippen LogP contribution in [0, 0.1) is 12.8 Å². The molecule has 21 heavy (non-hydrogen) atoms. The van der Waals surface area contributed by atoms with E-state index in [0.717, 1.165) is 21.4 Å². The second-order valence-corrected chi connectivity index (χ2v) is 6.61. The number of aryl methyl sites for hydroxylation is 1. The van der Waals surface area contributed by atoms with Gasteiger partial charge in [-0.15, -0.1) is 11.3 Å². The Labute approximate surface area is 126 Å².